The molecule has 2 unspecified atom stereocenters. The predicted molar refractivity (Wildman–Crippen MR) is 89.4 cm³/mol. The lowest BCUT2D eigenvalue weighted by Crippen LogP contribution is -2.39. The Morgan fingerprint density at radius 2 is 2.19 bits per heavy atom. The van der Waals surface area contributed by atoms with Crippen molar-refractivity contribution in [3.63, 3.8) is 0 Å². The number of nitrogens with two attached hydrogens (primary N) is 1. The Morgan fingerprint density at radius 1 is 1.29 bits per heavy atom. The van der Waals surface area contributed by atoms with Crippen molar-refractivity contribution >= 4 is 5.69 Å². The van der Waals surface area contributed by atoms with Crippen molar-refractivity contribution in [2.75, 3.05) is 25.4 Å². The topological polar surface area (TPSA) is 41.3 Å². The van der Waals surface area contributed by atoms with Crippen molar-refractivity contribution in [2.24, 2.45) is 0 Å². The predicted octanol–water partition coefficient (Wildman–Crippen LogP) is 3.11. The zero-order chi connectivity index (χ0) is 14.7. The lowest BCUT2D eigenvalue weighted by molar-refractivity contribution is 0.158. The molecule has 21 heavy (non-hydrogen) atoms. The summed E-state index contributed by atoms with van der Waals surface area (Å²) in [5.41, 5.74) is 9.67. The van der Waals surface area contributed by atoms with Gasteiger partial charge in [-0.25, -0.2) is 0 Å². The number of nitrogens with one attached hydrogen (secondary N) is 1. The molecule has 116 valence electrons. The molecule has 2 atom stereocenters. The van der Waals surface area contributed by atoms with Gasteiger partial charge >= 0.3 is 0 Å². The molecule has 1 aromatic rings. The van der Waals surface area contributed by atoms with Crippen molar-refractivity contribution < 1.29 is 0 Å². The molecule has 0 spiro atoms. The Balaban J connectivity index is 1.43. The number of hydrogen-bond donors (Lipinski definition) is 2. The van der Waals surface area contributed by atoms with E-state index in [9.17, 15) is 0 Å². The number of likely N-dealkylation sites (tertiary alicyclic amines) is 1. The number of hydrogen-bond acceptors (Lipinski definition) is 3. The first-order valence-electron chi connectivity index (χ1n) is 8.60. The molecule has 1 aliphatic carbocycles. The first kappa shape index (κ1) is 14.9. The van der Waals surface area contributed by atoms with Crippen molar-refractivity contribution in [1.82, 2.24) is 10.2 Å². The van der Waals surface area contributed by atoms with Crippen LogP contribution in [-0.4, -0.2) is 30.6 Å². The van der Waals surface area contributed by atoms with Crippen molar-refractivity contribution in [3.05, 3.63) is 29.3 Å². The van der Waals surface area contributed by atoms with Gasteiger partial charge in [-0.3, -0.25) is 0 Å². The SMILES string of the molecule is CC1CCCCN1CCCNC1CCc2cc(N)ccc21. The second kappa shape index (κ2) is 6.80. The third kappa shape index (κ3) is 3.58. The van der Waals surface area contributed by atoms with Crippen LogP contribution in [0.4, 0.5) is 5.69 Å². The summed E-state index contributed by atoms with van der Waals surface area (Å²) in [6.07, 6.45) is 7.82. The molecule has 3 nitrogen and oxygen atoms in total. The van der Waals surface area contributed by atoms with Crippen LogP contribution in [0.3, 0.4) is 0 Å². The number of anilines is 1. The van der Waals surface area contributed by atoms with Crippen LogP contribution in [0.25, 0.3) is 0 Å². The average Bonchev–Trinajstić information content (AvgIpc) is 2.87. The smallest absolute Gasteiger partial charge is 0.0326 e. The van der Waals surface area contributed by atoms with Gasteiger partial charge in [0.05, 0.1) is 0 Å². The summed E-state index contributed by atoms with van der Waals surface area (Å²) < 4.78 is 0. The summed E-state index contributed by atoms with van der Waals surface area (Å²) in [4.78, 5) is 2.66. The highest BCUT2D eigenvalue weighted by Crippen LogP contribution is 2.32. The summed E-state index contributed by atoms with van der Waals surface area (Å²) in [6.45, 7) is 6.05. The first-order chi connectivity index (χ1) is 10.2. The van der Waals surface area contributed by atoms with E-state index >= 15 is 0 Å². The molecule has 3 N–H and O–H groups in total. The fraction of sp³-hybridized carbons (Fsp3) is 0.667. The molecule has 1 saturated heterocycles. The molecule has 0 bridgehead atoms. The van der Waals surface area contributed by atoms with Gasteiger partial charge in [0.1, 0.15) is 0 Å². The molecule has 2 aliphatic rings. The molecule has 1 fully saturated rings. The highest BCUT2D eigenvalue weighted by molar-refractivity contribution is 5.47. The zero-order valence-electron chi connectivity index (χ0n) is 13.3. The Labute approximate surface area is 128 Å². The molecule has 1 aromatic carbocycles. The highest BCUT2D eigenvalue weighted by atomic mass is 15.2. The van der Waals surface area contributed by atoms with E-state index in [2.05, 4.69) is 29.3 Å². The summed E-state index contributed by atoms with van der Waals surface area (Å²) in [5.74, 6) is 0. The quantitative estimate of drug-likeness (QED) is 0.646. The average molecular weight is 287 g/mol. The maximum atomic E-state index is 5.87. The van der Waals surface area contributed by atoms with Gasteiger partial charge in [-0.05, 0) is 81.9 Å². The van der Waals surface area contributed by atoms with E-state index in [-0.39, 0.29) is 0 Å². The van der Waals surface area contributed by atoms with Crippen molar-refractivity contribution in [3.8, 4) is 0 Å². The Hall–Kier alpha value is -1.06. The molecule has 3 heteroatoms. The number of aryl methyl sites for hydroxylation is 1. The van der Waals surface area contributed by atoms with Crippen LogP contribution in [0.5, 0.6) is 0 Å². The third-order valence-electron chi connectivity index (χ3n) is 5.20. The molecule has 1 aliphatic heterocycles. The summed E-state index contributed by atoms with van der Waals surface area (Å²) in [6, 6.07) is 7.72. The van der Waals surface area contributed by atoms with Gasteiger partial charge in [0, 0.05) is 17.8 Å². The monoisotopic (exact) mass is 287 g/mol. The lowest BCUT2D eigenvalue weighted by Gasteiger charge is -2.33. The van der Waals surface area contributed by atoms with Gasteiger partial charge in [0.2, 0.25) is 0 Å². The molecule has 1 heterocycles. The lowest BCUT2D eigenvalue weighted by atomic mass is 10.0. The van der Waals surface area contributed by atoms with Crippen LogP contribution in [0.15, 0.2) is 18.2 Å². The normalized spacial score (nSPS) is 26.0. The van der Waals surface area contributed by atoms with Crippen molar-refractivity contribution in [2.45, 2.75) is 57.5 Å². The van der Waals surface area contributed by atoms with Gasteiger partial charge in [0.25, 0.3) is 0 Å². The van der Waals surface area contributed by atoms with Gasteiger partial charge in [0.15, 0.2) is 0 Å². The summed E-state index contributed by atoms with van der Waals surface area (Å²) in [5, 5.41) is 3.74. The van der Waals surface area contributed by atoms with E-state index in [1.807, 2.05) is 6.07 Å². The minimum absolute atomic E-state index is 0.541. The van der Waals surface area contributed by atoms with E-state index in [4.69, 9.17) is 5.73 Å². The van der Waals surface area contributed by atoms with E-state index in [0.29, 0.717) is 6.04 Å². The number of fused-ring (bicyclic) bond motifs is 1. The van der Waals surface area contributed by atoms with Crippen LogP contribution < -0.4 is 11.1 Å². The Bertz CT molecular complexity index is 472. The first-order valence-corrected chi connectivity index (χ1v) is 8.60. The summed E-state index contributed by atoms with van der Waals surface area (Å²) in [7, 11) is 0. The van der Waals surface area contributed by atoms with E-state index in [1.54, 1.807) is 0 Å². The second-order valence-electron chi connectivity index (χ2n) is 6.74. The minimum atomic E-state index is 0.541. The molecule has 3 rings (SSSR count). The van der Waals surface area contributed by atoms with E-state index in [1.165, 1.54) is 62.7 Å². The molecule has 0 saturated carbocycles. The zero-order valence-corrected chi connectivity index (χ0v) is 13.3. The van der Waals surface area contributed by atoms with Gasteiger partial charge in [-0.15, -0.1) is 0 Å². The number of nitrogens with zero attached hydrogens (tertiary/aromatic N) is 1. The third-order valence-corrected chi connectivity index (χ3v) is 5.20. The van der Waals surface area contributed by atoms with Crippen molar-refractivity contribution in [1.29, 1.82) is 0 Å². The fourth-order valence-electron chi connectivity index (χ4n) is 3.90. The van der Waals surface area contributed by atoms with Gasteiger partial charge < -0.3 is 16.0 Å². The van der Waals surface area contributed by atoms with E-state index < -0.39 is 0 Å². The minimum Gasteiger partial charge on any atom is -0.399 e. The largest absolute Gasteiger partial charge is 0.399 e. The number of nitrogen functional groups attached to an aromatic ring is 1. The summed E-state index contributed by atoms with van der Waals surface area (Å²) >= 11 is 0. The highest BCUT2D eigenvalue weighted by Gasteiger charge is 2.22. The molecule has 0 radical (unpaired) electrons. The molecule has 0 aromatic heterocycles. The van der Waals surface area contributed by atoms with Gasteiger partial charge in [-0.1, -0.05) is 12.5 Å². The van der Waals surface area contributed by atoms with Crippen LogP contribution in [0, 0.1) is 0 Å². The number of rotatable bonds is 5. The number of piperidine rings is 1. The number of benzene rings is 1. The molecular formula is C18H29N3. The Kier molecular flexibility index (Phi) is 4.81. The second-order valence-corrected chi connectivity index (χ2v) is 6.74. The molecular weight excluding hydrogens is 258 g/mol. The van der Waals surface area contributed by atoms with Crippen LogP contribution >= 0.6 is 0 Å². The van der Waals surface area contributed by atoms with E-state index in [0.717, 1.165) is 18.3 Å². The standard InChI is InChI=1S/C18H29N3/c1-14-5-2-3-11-21(14)12-4-10-20-18-9-6-15-13-16(19)7-8-17(15)18/h7-8,13-14,18,20H,2-6,9-12,19H2,1H3. The van der Waals surface area contributed by atoms with Crippen LogP contribution in [-0.2, 0) is 6.42 Å². The fourth-order valence-corrected chi connectivity index (χ4v) is 3.90. The van der Waals surface area contributed by atoms with Gasteiger partial charge in [-0.2, -0.15) is 0 Å². The molecule has 0 amide bonds. The maximum absolute atomic E-state index is 5.87. The van der Waals surface area contributed by atoms with Crippen LogP contribution in [0.1, 0.15) is 56.2 Å². The maximum Gasteiger partial charge on any atom is 0.0326 e. The Morgan fingerprint density at radius 3 is 3.05 bits per heavy atom. The van der Waals surface area contributed by atoms with Crippen LogP contribution in [0.2, 0.25) is 0 Å².